The van der Waals surface area contributed by atoms with Crippen LogP contribution in [0.3, 0.4) is 0 Å². The zero-order valence-electron chi connectivity index (χ0n) is 42.1. The molecule has 6 aromatic carbocycles. The van der Waals surface area contributed by atoms with Crippen molar-refractivity contribution < 1.29 is 43.2 Å². The number of carbonyl (C=O) groups is 4. The fraction of sp³-hybridized carbons (Fsp3) is 0.310. The molecule has 0 saturated carbocycles. The molecule has 380 valence electrons. The predicted molar refractivity (Wildman–Crippen MR) is 284 cm³/mol. The molecule has 0 unspecified atom stereocenters. The van der Waals surface area contributed by atoms with E-state index in [1.165, 1.54) is 7.05 Å². The smallest absolute Gasteiger partial charge is 0.313 e. The van der Waals surface area contributed by atoms with Crippen LogP contribution in [0.1, 0.15) is 120 Å². The van der Waals surface area contributed by atoms with E-state index in [4.69, 9.17) is 42.1 Å². The number of hydrogen-bond donors (Lipinski definition) is 3. The molecule has 0 saturated heterocycles. The highest BCUT2D eigenvalue weighted by atomic mass is 35.5. The van der Waals surface area contributed by atoms with Gasteiger partial charge in [-0.25, -0.2) is 0 Å². The van der Waals surface area contributed by atoms with E-state index in [2.05, 4.69) is 52.6 Å². The molecular formula is C58H60Cl2N4O9. The number of nitrogens with zero attached hydrogens (tertiary/aromatic N) is 2. The second kappa shape index (κ2) is 21.2. The standard InChI is InChI=1S/C29H29ClN2O4.C28H26ClNO5.CH5N/c1-29(2,3)21-11-10-18(16-22(21)30)32-26(17-9-12-23-24(15-17)36-14-13-35-23)25(27(33)31-4)19-7-5-6-8-20(19)28(32)34;1-28(2,3)20-10-9-17(15-21(20)29)30-25(16-8-11-22-23(14-16)35-13-12-34-22)24(27(32)33)18-6-4-5-7-19(18)26(30)31;1-2/h5-12,15-16,25-26H,13-14H2,1-4H3,(H,31,33);4-11,14-15,24-25H,12-13H2,1-3H3,(H,32,33);2H2,1H3/t25-,26+;24-,25+;/m00./s1. The maximum absolute atomic E-state index is 14.0. The van der Waals surface area contributed by atoms with E-state index in [0.29, 0.717) is 98.7 Å². The summed E-state index contributed by atoms with van der Waals surface area (Å²) < 4.78 is 23.0. The first-order valence-electron chi connectivity index (χ1n) is 24.1. The normalized spacial score (nSPS) is 18.7. The molecule has 4 aliphatic rings. The number of carboxylic acids is 1. The van der Waals surface area contributed by atoms with E-state index in [0.717, 1.165) is 16.7 Å². The number of halogens is 2. The van der Waals surface area contributed by atoms with Gasteiger partial charge in [0.25, 0.3) is 11.8 Å². The van der Waals surface area contributed by atoms with E-state index in [9.17, 15) is 24.3 Å². The molecular weight excluding hydrogens is 968 g/mol. The van der Waals surface area contributed by atoms with Gasteiger partial charge >= 0.3 is 5.97 Å². The minimum absolute atomic E-state index is 0.159. The van der Waals surface area contributed by atoms with Gasteiger partial charge in [0.2, 0.25) is 5.91 Å². The first-order chi connectivity index (χ1) is 34.9. The summed E-state index contributed by atoms with van der Waals surface area (Å²) in [5, 5.41) is 14.3. The van der Waals surface area contributed by atoms with Gasteiger partial charge in [0.05, 0.1) is 18.0 Å². The lowest BCUT2D eigenvalue weighted by atomic mass is 9.78. The van der Waals surface area contributed by atoms with Crippen molar-refractivity contribution in [2.75, 3.05) is 50.3 Å². The Labute approximate surface area is 436 Å². The lowest BCUT2D eigenvalue weighted by molar-refractivity contribution is -0.139. The van der Waals surface area contributed by atoms with Crippen LogP contribution in [0.4, 0.5) is 11.4 Å². The third-order valence-electron chi connectivity index (χ3n) is 13.4. The van der Waals surface area contributed by atoms with E-state index < -0.39 is 29.9 Å². The second-order valence-electron chi connectivity index (χ2n) is 20.0. The Morgan fingerprint density at radius 1 is 0.562 bits per heavy atom. The van der Waals surface area contributed by atoms with Crippen molar-refractivity contribution in [2.24, 2.45) is 5.73 Å². The highest BCUT2D eigenvalue weighted by molar-refractivity contribution is 6.32. The lowest BCUT2D eigenvalue weighted by Crippen LogP contribution is -2.47. The fourth-order valence-corrected chi connectivity index (χ4v) is 11.0. The number of hydrogen-bond acceptors (Lipinski definition) is 9. The Hall–Kier alpha value is -7.06. The SMILES string of the molecule is CC(C)(C)c1ccc(N2C(=O)c3ccccc3[C@H](C(=O)O)[C@H]2c2ccc3c(c2)OCCO3)cc1Cl.CN.CNC(=O)[C@H]1c2ccccc2C(=O)N(c2ccc(C(C)(C)C)c(Cl)c2)[C@@H]1c1ccc2c(c1)OCCO2. The van der Waals surface area contributed by atoms with Crippen LogP contribution in [0.2, 0.25) is 10.0 Å². The summed E-state index contributed by atoms with van der Waals surface area (Å²) in [5.41, 5.74) is 10.7. The molecule has 0 spiro atoms. The average Bonchev–Trinajstić information content (AvgIpc) is 3.38. The number of aliphatic carboxylic acids is 1. The Morgan fingerprint density at radius 2 is 0.945 bits per heavy atom. The molecule has 0 aromatic heterocycles. The van der Waals surface area contributed by atoms with E-state index in [-0.39, 0.29) is 28.6 Å². The Morgan fingerprint density at radius 3 is 1.33 bits per heavy atom. The van der Waals surface area contributed by atoms with Crippen molar-refractivity contribution in [3.05, 3.63) is 176 Å². The van der Waals surface area contributed by atoms with Crippen molar-refractivity contribution >= 4 is 58.3 Å². The predicted octanol–water partition coefficient (Wildman–Crippen LogP) is 11.2. The number of anilines is 2. The summed E-state index contributed by atoms with van der Waals surface area (Å²) in [6.07, 6.45) is 0. The molecule has 73 heavy (non-hydrogen) atoms. The molecule has 0 radical (unpaired) electrons. The first-order valence-corrected chi connectivity index (χ1v) is 24.9. The Balaban J connectivity index is 0.000000189. The van der Waals surface area contributed by atoms with Crippen LogP contribution in [-0.2, 0) is 20.4 Å². The summed E-state index contributed by atoms with van der Waals surface area (Å²) in [5.74, 6) is -0.939. The van der Waals surface area contributed by atoms with E-state index in [1.807, 2.05) is 66.7 Å². The summed E-state index contributed by atoms with van der Waals surface area (Å²) in [6.45, 7) is 14.2. The number of fused-ring (bicyclic) bond motifs is 4. The van der Waals surface area contributed by atoms with Gasteiger partial charge in [-0.15, -0.1) is 0 Å². The van der Waals surface area contributed by atoms with Crippen LogP contribution in [-0.4, -0.2) is 69.3 Å². The summed E-state index contributed by atoms with van der Waals surface area (Å²) in [6, 6.07) is 34.8. The van der Waals surface area contributed by atoms with Crippen molar-refractivity contribution in [2.45, 2.75) is 76.3 Å². The minimum Gasteiger partial charge on any atom is -0.486 e. The second-order valence-corrected chi connectivity index (χ2v) is 20.8. The van der Waals surface area contributed by atoms with Gasteiger partial charge in [0, 0.05) is 39.6 Å². The van der Waals surface area contributed by atoms with Gasteiger partial charge in [-0.05, 0) is 112 Å². The van der Waals surface area contributed by atoms with Crippen LogP contribution in [0, 0.1) is 0 Å². The monoisotopic (exact) mass is 1030 g/mol. The van der Waals surface area contributed by atoms with Crippen molar-refractivity contribution in [1.29, 1.82) is 0 Å². The molecule has 13 nitrogen and oxygen atoms in total. The number of carboxylic acid groups (broad SMARTS) is 1. The third kappa shape index (κ3) is 10.2. The van der Waals surface area contributed by atoms with Crippen molar-refractivity contribution in [1.82, 2.24) is 5.32 Å². The lowest BCUT2D eigenvalue weighted by Gasteiger charge is -2.42. The van der Waals surface area contributed by atoms with Gasteiger partial charge in [-0.3, -0.25) is 29.0 Å². The molecule has 0 aliphatic carbocycles. The van der Waals surface area contributed by atoms with Gasteiger partial charge in [0.1, 0.15) is 32.3 Å². The Kier molecular flexibility index (Phi) is 15.2. The molecule has 4 N–H and O–H groups in total. The largest absolute Gasteiger partial charge is 0.486 e. The van der Waals surface area contributed by atoms with Crippen LogP contribution in [0.5, 0.6) is 23.0 Å². The molecule has 4 aliphatic heterocycles. The summed E-state index contributed by atoms with van der Waals surface area (Å²) in [4.78, 5) is 57.3. The Bertz CT molecular complexity index is 3090. The van der Waals surface area contributed by atoms with Crippen molar-refractivity contribution in [3.8, 4) is 23.0 Å². The number of amides is 3. The number of ether oxygens (including phenoxy) is 4. The van der Waals surface area contributed by atoms with Crippen LogP contribution < -0.4 is 39.8 Å². The molecule has 10 rings (SSSR count). The molecule has 6 aromatic rings. The number of benzene rings is 6. The van der Waals surface area contributed by atoms with Crippen LogP contribution in [0.15, 0.2) is 121 Å². The molecule has 0 fully saturated rings. The van der Waals surface area contributed by atoms with Crippen LogP contribution >= 0.6 is 23.2 Å². The summed E-state index contributed by atoms with van der Waals surface area (Å²) in [7, 11) is 3.11. The molecule has 3 amide bonds. The van der Waals surface area contributed by atoms with E-state index in [1.54, 1.807) is 71.4 Å². The number of nitrogens with one attached hydrogen (secondary N) is 1. The average molecular weight is 1030 g/mol. The molecule has 4 atom stereocenters. The minimum atomic E-state index is -1.02. The fourth-order valence-electron chi connectivity index (χ4n) is 10.0. The third-order valence-corrected chi connectivity index (χ3v) is 14.0. The van der Waals surface area contributed by atoms with Gasteiger partial charge in [-0.1, -0.05) is 125 Å². The molecule has 0 bridgehead atoms. The topological polar surface area (TPSA) is 170 Å². The number of nitrogens with two attached hydrogens (primary N) is 1. The maximum Gasteiger partial charge on any atom is 0.313 e. The number of likely N-dealkylation sites (N-methyl/N-ethyl adjacent to an activating group) is 1. The van der Waals surface area contributed by atoms with Gasteiger partial charge in [-0.2, -0.15) is 0 Å². The van der Waals surface area contributed by atoms with Gasteiger partial charge < -0.3 is 35.1 Å². The highest BCUT2D eigenvalue weighted by Gasteiger charge is 2.47. The molecule has 4 heterocycles. The zero-order valence-corrected chi connectivity index (χ0v) is 43.6. The first kappa shape index (κ1) is 52.3. The van der Waals surface area contributed by atoms with Crippen molar-refractivity contribution in [3.63, 3.8) is 0 Å². The van der Waals surface area contributed by atoms with E-state index >= 15 is 0 Å². The zero-order chi connectivity index (χ0) is 52.5. The number of rotatable bonds is 6. The van der Waals surface area contributed by atoms with Crippen LogP contribution in [0.25, 0.3) is 0 Å². The number of carbonyl (C=O) groups excluding carboxylic acids is 3. The van der Waals surface area contributed by atoms with Gasteiger partial charge in [0.15, 0.2) is 23.0 Å². The maximum atomic E-state index is 14.0. The molecule has 15 heteroatoms. The quantitative estimate of drug-likeness (QED) is 0.146. The highest BCUT2D eigenvalue weighted by Crippen LogP contribution is 2.50. The summed E-state index contributed by atoms with van der Waals surface area (Å²) >= 11 is 13.4.